The van der Waals surface area contributed by atoms with Gasteiger partial charge in [-0.2, -0.15) is 0 Å². The van der Waals surface area contributed by atoms with Crippen LogP contribution in [0.2, 0.25) is 0 Å². The number of pyridine rings is 1. The van der Waals surface area contributed by atoms with Gasteiger partial charge in [0.05, 0.1) is 12.2 Å². The molecule has 5 nitrogen and oxygen atoms in total. The maximum Gasteiger partial charge on any atom is 0.257 e. The average Bonchev–Trinajstić information content (AvgIpc) is 2.38. The summed E-state index contributed by atoms with van der Waals surface area (Å²) in [5.74, 6) is -0.302. The quantitative estimate of drug-likeness (QED) is 0.778. The number of benzene rings is 1. The highest BCUT2D eigenvalue weighted by Crippen LogP contribution is 2.12. The summed E-state index contributed by atoms with van der Waals surface area (Å²) in [6.45, 7) is 1.59. The minimum absolute atomic E-state index is 0.0819. The Labute approximate surface area is 109 Å². The van der Waals surface area contributed by atoms with Gasteiger partial charge in [-0.05, 0) is 30.7 Å². The topological polar surface area (TPSA) is 82.2 Å². The lowest BCUT2D eigenvalue weighted by atomic mass is 10.1. The lowest BCUT2D eigenvalue weighted by molar-refractivity contribution is 0.102. The zero-order valence-electron chi connectivity index (χ0n) is 10.4. The van der Waals surface area contributed by atoms with Gasteiger partial charge in [0.2, 0.25) is 5.56 Å². The van der Waals surface area contributed by atoms with Crippen LogP contribution in [0.15, 0.2) is 41.2 Å². The molecule has 0 fully saturated rings. The molecule has 98 valence electrons. The second kappa shape index (κ2) is 5.49. The number of aliphatic hydroxyl groups is 1. The standard InChI is InChI=1S/C14H14N2O3/c1-9-12(5-6-13(18)15-9)14(19)16-11-4-2-3-10(7-11)8-17/h2-7,17H,8H2,1H3,(H,15,18)(H,16,19). The SMILES string of the molecule is Cc1[nH]c(=O)ccc1C(=O)Nc1cccc(CO)c1. The first-order valence-electron chi connectivity index (χ1n) is 5.81. The summed E-state index contributed by atoms with van der Waals surface area (Å²) in [7, 11) is 0. The highest BCUT2D eigenvalue weighted by atomic mass is 16.3. The fourth-order valence-corrected chi connectivity index (χ4v) is 1.77. The Hall–Kier alpha value is -2.40. The molecule has 1 aromatic heterocycles. The van der Waals surface area contributed by atoms with Crippen LogP contribution in [0.25, 0.3) is 0 Å². The minimum Gasteiger partial charge on any atom is -0.392 e. The number of nitrogens with one attached hydrogen (secondary N) is 2. The molecule has 2 rings (SSSR count). The summed E-state index contributed by atoms with van der Waals surface area (Å²) in [6, 6.07) is 9.74. The van der Waals surface area contributed by atoms with Gasteiger partial charge >= 0.3 is 0 Å². The van der Waals surface area contributed by atoms with Gasteiger partial charge in [0.1, 0.15) is 0 Å². The van der Waals surface area contributed by atoms with Crippen LogP contribution < -0.4 is 10.9 Å². The van der Waals surface area contributed by atoms with Crippen molar-refractivity contribution in [3.8, 4) is 0 Å². The van der Waals surface area contributed by atoms with Gasteiger partial charge in [-0.15, -0.1) is 0 Å². The Bertz CT molecular complexity index is 662. The van der Waals surface area contributed by atoms with Crippen molar-refractivity contribution in [1.82, 2.24) is 4.98 Å². The van der Waals surface area contributed by atoms with Gasteiger partial charge in [0.25, 0.3) is 5.91 Å². The van der Waals surface area contributed by atoms with E-state index in [1.54, 1.807) is 31.2 Å². The van der Waals surface area contributed by atoms with Gasteiger partial charge in [-0.3, -0.25) is 9.59 Å². The van der Waals surface area contributed by atoms with Crippen molar-refractivity contribution in [3.63, 3.8) is 0 Å². The molecule has 0 saturated heterocycles. The van der Waals surface area contributed by atoms with Gasteiger partial charge in [0.15, 0.2) is 0 Å². The van der Waals surface area contributed by atoms with Crippen LogP contribution in [0.5, 0.6) is 0 Å². The number of aromatic amines is 1. The zero-order chi connectivity index (χ0) is 13.8. The predicted octanol–water partition coefficient (Wildman–Crippen LogP) is 1.43. The third kappa shape index (κ3) is 3.08. The second-order valence-electron chi connectivity index (χ2n) is 4.17. The number of aromatic nitrogens is 1. The smallest absolute Gasteiger partial charge is 0.257 e. The van der Waals surface area contributed by atoms with Crippen molar-refractivity contribution in [3.05, 3.63) is 63.6 Å². The van der Waals surface area contributed by atoms with E-state index in [4.69, 9.17) is 5.11 Å². The second-order valence-corrected chi connectivity index (χ2v) is 4.17. The Kier molecular flexibility index (Phi) is 3.77. The van der Waals surface area contributed by atoms with Crippen LogP contribution in [-0.2, 0) is 6.61 Å². The number of anilines is 1. The van der Waals surface area contributed by atoms with Crippen molar-refractivity contribution in [1.29, 1.82) is 0 Å². The molecule has 0 spiro atoms. The van der Waals surface area contributed by atoms with Crippen LogP contribution in [0.1, 0.15) is 21.6 Å². The Balaban J connectivity index is 2.23. The summed E-state index contributed by atoms with van der Waals surface area (Å²) in [5, 5.41) is 11.8. The van der Waals surface area contributed by atoms with Crippen molar-refractivity contribution in [2.24, 2.45) is 0 Å². The van der Waals surface area contributed by atoms with E-state index >= 15 is 0 Å². The molecule has 1 amide bonds. The normalized spacial score (nSPS) is 10.2. The molecule has 1 heterocycles. The fourth-order valence-electron chi connectivity index (χ4n) is 1.77. The number of amides is 1. The van der Waals surface area contributed by atoms with Crippen LogP contribution in [0.3, 0.4) is 0 Å². The molecule has 0 bridgehead atoms. The number of carbonyl (C=O) groups excluding carboxylic acids is 1. The molecule has 0 radical (unpaired) electrons. The average molecular weight is 258 g/mol. The number of hydrogen-bond donors (Lipinski definition) is 3. The number of hydrogen-bond acceptors (Lipinski definition) is 3. The van der Waals surface area contributed by atoms with Gasteiger partial charge < -0.3 is 15.4 Å². The molecule has 0 unspecified atom stereocenters. The van der Waals surface area contributed by atoms with E-state index in [0.717, 1.165) is 5.56 Å². The lowest BCUT2D eigenvalue weighted by Gasteiger charge is -2.08. The lowest BCUT2D eigenvalue weighted by Crippen LogP contribution is -2.17. The largest absolute Gasteiger partial charge is 0.392 e. The third-order valence-corrected chi connectivity index (χ3v) is 2.73. The van der Waals surface area contributed by atoms with Crippen molar-refractivity contribution in [2.45, 2.75) is 13.5 Å². The maximum atomic E-state index is 12.1. The number of rotatable bonds is 3. The number of aliphatic hydroxyl groups excluding tert-OH is 1. The summed E-state index contributed by atoms with van der Waals surface area (Å²) in [4.78, 5) is 25.7. The third-order valence-electron chi connectivity index (χ3n) is 2.73. The monoisotopic (exact) mass is 258 g/mol. The van der Waals surface area contributed by atoms with E-state index < -0.39 is 0 Å². The number of aryl methyl sites for hydroxylation is 1. The van der Waals surface area contributed by atoms with E-state index in [0.29, 0.717) is 16.9 Å². The summed E-state index contributed by atoms with van der Waals surface area (Å²) >= 11 is 0. The molecule has 0 aliphatic carbocycles. The Morgan fingerprint density at radius 2 is 2.11 bits per heavy atom. The van der Waals surface area contributed by atoms with Crippen LogP contribution in [0.4, 0.5) is 5.69 Å². The van der Waals surface area contributed by atoms with Crippen LogP contribution in [0, 0.1) is 6.92 Å². The van der Waals surface area contributed by atoms with Crippen molar-refractivity contribution >= 4 is 11.6 Å². The molecule has 3 N–H and O–H groups in total. The molecule has 0 saturated carbocycles. The van der Waals surface area contributed by atoms with Crippen molar-refractivity contribution < 1.29 is 9.90 Å². The molecule has 0 aliphatic heterocycles. The molecular formula is C14H14N2O3. The first-order chi connectivity index (χ1) is 9.10. The predicted molar refractivity (Wildman–Crippen MR) is 72.1 cm³/mol. The van der Waals surface area contributed by atoms with Crippen LogP contribution >= 0.6 is 0 Å². The summed E-state index contributed by atoms with van der Waals surface area (Å²) in [6.07, 6.45) is 0. The van der Waals surface area contributed by atoms with E-state index in [2.05, 4.69) is 10.3 Å². The molecule has 2 aromatic rings. The highest BCUT2D eigenvalue weighted by molar-refractivity contribution is 6.04. The molecule has 19 heavy (non-hydrogen) atoms. The minimum atomic E-state index is -0.302. The molecule has 1 aromatic carbocycles. The zero-order valence-corrected chi connectivity index (χ0v) is 10.4. The highest BCUT2D eigenvalue weighted by Gasteiger charge is 2.09. The first-order valence-corrected chi connectivity index (χ1v) is 5.81. The van der Waals surface area contributed by atoms with Crippen LogP contribution in [-0.4, -0.2) is 16.0 Å². The van der Waals surface area contributed by atoms with E-state index in [-0.39, 0.29) is 18.1 Å². The van der Waals surface area contributed by atoms with Gasteiger partial charge in [0, 0.05) is 17.4 Å². The molecule has 0 atom stereocenters. The molecular weight excluding hydrogens is 244 g/mol. The van der Waals surface area contributed by atoms with Gasteiger partial charge in [-0.25, -0.2) is 0 Å². The molecule has 5 heteroatoms. The molecule has 0 aliphatic rings. The first kappa shape index (κ1) is 13.0. The number of H-pyrrole nitrogens is 1. The maximum absolute atomic E-state index is 12.1. The Morgan fingerprint density at radius 1 is 1.32 bits per heavy atom. The Morgan fingerprint density at radius 3 is 2.79 bits per heavy atom. The van der Waals surface area contributed by atoms with E-state index in [1.165, 1.54) is 12.1 Å². The van der Waals surface area contributed by atoms with E-state index in [1.807, 2.05) is 0 Å². The summed E-state index contributed by atoms with van der Waals surface area (Å²) in [5.41, 5.74) is 2.01. The fraction of sp³-hybridized carbons (Fsp3) is 0.143. The van der Waals surface area contributed by atoms with Gasteiger partial charge in [-0.1, -0.05) is 12.1 Å². The summed E-state index contributed by atoms with van der Waals surface area (Å²) < 4.78 is 0. The van der Waals surface area contributed by atoms with E-state index in [9.17, 15) is 9.59 Å². The number of carbonyl (C=O) groups is 1. The van der Waals surface area contributed by atoms with Crippen molar-refractivity contribution in [2.75, 3.05) is 5.32 Å².